The molecule has 0 aromatic heterocycles. The number of nitrogens with one attached hydrogen (secondary N) is 1. The maximum atomic E-state index is 13.7. The number of rotatable bonds is 0. The molecule has 4 saturated heterocycles. The lowest BCUT2D eigenvalue weighted by molar-refractivity contribution is -0.363. The highest BCUT2D eigenvalue weighted by Gasteiger charge is 2.73. The minimum Gasteiger partial charge on any atom is -0.618 e. The van der Waals surface area contributed by atoms with Crippen LogP contribution in [0, 0.1) is 30.4 Å². The molecule has 4 fully saturated rings. The second-order valence-electron chi connectivity index (χ2n) is 10.1. The van der Waals surface area contributed by atoms with E-state index in [0.717, 1.165) is 39.1 Å². The molecule has 0 radical (unpaired) electrons. The van der Waals surface area contributed by atoms with Gasteiger partial charge >= 0.3 is 0 Å². The molecule has 1 N–H and O–H groups in total. The number of hydrogen-bond donors (Lipinski definition) is 1. The van der Waals surface area contributed by atoms with Crippen LogP contribution in [0.2, 0.25) is 0 Å². The summed E-state index contributed by atoms with van der Waals surface area (Å²) in [5.41, 5.74) is 2.76. The highest BCUT2D eigenvalue weighted by atomic mass is 16.5. The Hall–Kier alpha value is -2.63. The predicted octanol–water partition coefficient (Wildman–Crippen LogP) is 2.57. The molecule has 1 aromatic carbocycles. The molecule has 5 heterocycles. The van der Waals surface area contributed by atoms with Crippen LogP contribution in [-0.4, -0.2) is 44.8 Å². The van der Waals surface area contributed by atoms with Crippen LogP contribution < -0.4 is 5.32 Å². The average Bonchev–Trinajstić information content (AvgIpc) is 3.18. The SMILES string of the molecule is Cc1cc(C)c2c(c1)C1=C[C@@]34NC(=O)[C@]5(CCCN5C3=O)CC4C(C)(C)C1=[N+]2[O-]. The minimum absolute atomic E-state index is 0.000693. The van der Waals surface area contributed by atoms with Gasteiger partial charge in [-0.25, -0.2) is 0 Å². The van der Waals surface area contributed by atoms with Crippen molar-refractivity contribution in [1.82, 2.24) is 10.2 Å². The van der Waals surface area contributed by atoms with E-state index in [-0.39, 0.29) is 17.7 Å². The fraction of sp³-hybridized carbons (Fsp3) is 0.522. The number of piperidine rings is 2. The second kappa shape index (κ2) is 4.74. The highest BCUT2D eigenvalue weighted by Crippen LogP contribution is 2.60. The predicted molar refractivity (Wildman–Crippen MR) is 109 cm³/mol. The number of aryl methyl sites for hydroxylation is 2. The van der Waals surface area contributed by atoms with E-state index in [9.17, 15) is 14.8 Å². The molecule has 5 aliphatic heterocycles. The summed E-state index contributed by atoms with van der Waals surface area (Å²) in [6.07, 6.45) is 4.09. The van der Waals surface area contributed by atoms with Crippen molar-refractivity contribution in [3.8, 4) is 0 Å². The van der Waals surface area contributed by atoms with E-state index < -0.39 is 16.5 Å². The molecule has 1 unspecified atom stereocenters. The number of piperazine rings is 1. The van der Waals surface area contributed by atoms with Crippen LogP contribution in [0.15, 0.2) is 18.2 Å². The second-order valence-corrected chi connectivity index (χ2v) is 10.1. The fourth-order valence-corrected chi connectivity index (χ4v) is 6.99. The van der Waals surface area contributed by atoms with Crippen molar-refractivity contribution in [3.05, 3.63) is 40.1 Å². The molecular formula is C23H25N3O3. The lowest BCUT2D eigenvalue weighted by Crippen LogP contribution is -2.83. The molecule has 1 aromatic rings. The summed E-state index contributed by atoms with van der Waals surface area (Å²) in [4.78, 5) is 28.7. The number of allylic oxidation sites excluding steroid dienone is 1. The monoisotopic (exact) mass is 391 g/mol. The van der Waals surface area contributed by atoms with Gasteiger partial charge in [-0.05, 0) is 70.7 Å². The highest BCUT2D eigenvalue weighted by molar-refractivity contribution is 6.30. The summed E-state index contributed by atoms with van der Waals surface area (Å²) in [7, 11) is 0. The minimum atomic E-state index is -1.06. The lowest BCUT2D eigenvalue weighted by Gasteiger charge is -2.62. The van der Waals surface area contributed by atoms with Gasteiger partial charge in [0.25, 0.3) is 5.91 Å². The summed E-state index contributed by atoms with van der Waals surface area (Å²) in [6.45, 7) is 8.75. The Morgan fingerprint density at radius 1 is 1.24 bits per heavy atom. The van der Waals surface area contributed by atoms with Crippen molar-refractivity contribution in [2.75, 3.05) is 6.54 Å². The van der Waals surface area contributed by atoms with Gasteiger partial charge in [0.05, 0.1) is 16.6 Å². The largest absolute Gasteiger partial charge is 0.618 e. The third-order valence-electron chi connectivity index (χ3n) is 8.17. The van der Waals surface area contributed by atoms with E-state index in [1.807, 2.05) is 37.0 Å². The van der Waals surface area contributed by atoms with Gasteiger partial charge in [-0.1, -0.05) is 0 Å². The fourth-order valence-electron chi connectivity index (χ4n) is 6.99. The number of fused-ring (bicyclic) bond motifs is 4. The number of amides is 2. The Kier molecular flexibility index (Phi) is 2.82. The smallest absolute Gasteiger partial charge is 0.253 e. The molecule has 3 atom stereocenters. The first-order valence-corrected chi connectivity index (χ1v) is 10.5. The number of hydrogen-bond acceptors (Lipinski definition) is 3. The molecule has 2 bridgehead atoms. The van der Waals surface area contributed by atoms with Gasteiger partial charge in [-0.3, -0.25) is 9.59 Å². The molecule has 6 aliphatic rings. The summed E-state index contributed by atoms with van der Waals surface area (Å²) in [5.74, 6) is -0.166. The van der Waals surface area contributed by atoms with Crippen molar-refractivity contribution in [2.24, 2.45) is 11.3 Å². The van der Waals surface area contributed by atoms with Gasteiger partial charge < -0.3 is 15.4 Å². The van der Waals surface area contributed by atoms with Gasteiger partial charge in [-0.15, -0.1) is 0 Å². The zero-order valence-corrected chi connectivity index (χ0v) is 17.3. The maximum absolute atomic E-state index is 13.7. The van der Waals surface area contributed by atoms with Crippen molar-refractivity contribution in [2.45, 2.75) is 58.0 Å². The summed E-state index contributed by atoms with van der Waals surface area (Å²) >= 11 is 0. The Morgan fingerprint density at radius 3 is 2.76 bits per heavy atom. The van der Waals surface area contributed by atoms with Crippen LogP contribution in [0.25, 0.3) is 5.57 Å². The first-order chi connectivity index (χ1) is 13.6. The molecule has 29 heavy (non-hydrogen) atoms. The van der Waals surface area contributed by atoms with Crippen LogP contribution in [0.3, 0.4) is 0 Å². The van der Waals surface area contributed by atoms with Crippen LogP contribution >= 0.6 is 0 Å². The lowest BCUT2D eigenvalue weighted by atomic mass is 9.51. The van der Waals surface area contributed by atoms with E-state index in [4.69, 9.17) is 0 Å². The number of benzene rings is 1. The molecule has 150 valence electrons. The first-order valence-electron chi connectivity index (χ1n) is 10.5. The molecule has 6 nitrogen and oxygen atoms in total. The van der Waals surface area contributed by atoms with E-state index in [2.05, 4.69) is 19.2 Å². The van der Waals surface area contributed by atoms with E-state index in [1.165, 1.54) is 0 Å². The number of nitrogens with zero attached hydrogens (tertiary/aromatic N) is 2. The van der Waals surface area contributed by atoms with E-state index >= 15 is 0 Å². The number of carbonyl (C=O) groups excluding carboxylic acids is 2. The van der Waals surface area contributed by atoms with Gasteiger partial charge in [0, 0.05) is 18.0 Å². The zero-order chi connectivity index (χ0) is 20.5. The Morgan fingerprint density at radius 2 is 2.00 bits per heavy atom. The van der Waals surface area contributed by atoms with Crippen LogP contribution in [-0.2, 0) is 9.59 Å². The molecule has 7 rings (SSSR count). The third kappa shape index (κ3) is 1.66. The zero-order valence-electron chi connectivity index (χ0n) is 17.3. The van der Waals surface area contributed by atoms with Crippen LogP contribution in [0.5, 0.6) is 0 Å². The molecular weight excluding hydrogens is 366 g/mol. The van der Waals surface area contributed by atoms with Gasteiger partial charge in [-0.2, -0.15) is 4.74 Å². The molecule has 2 amide bonds. The van der Waals surface area contributed by atoms with Crippen molar-refractivity contribution in [3.63, 3.8) is 0 Å². The van der Waals surface area contributed by atoms with Crippen LogP contribution in [0.4, 0.5) is 5.69 Å². The van der Waals surface area contributed by atoms with E-state index in [1.54, 1.807) is 0 Å². The summed E-state index contributed by atoms with van der Waals surface area (Å²) in [6, 6.07) is 4.05. The van der Waals surface area contributed by atoms with Crippen molar-refractivity contribution >= 4 is 28.8 Å². The number of carbonyl (C=O) groups is 2. The quantitative estimate of drug-likeness (QED) is 0.546. The normalized spacial score (nSPS) is 35.8. The summed E-state index contributed by atoms with van der Waals surface area (Å²) in [5, 5.41) is 16.6. The van der Waals surface area contributed by atoms with E-state index in [0.29, 0.717) is 25.1 Å². The molecule has 2 spiro atoms. The average molecular weight is 391 g/mol. The van der Waals surface area contributed by atoms with Crippen LogP contribution in [0.1, 0.15) is 49.8 Å². The third-order valence-corrected chi connectivity index (χ3v) is 8.17. The van der Waals surface area contributed by atoms with Crippen molar-refractivity contribution < 1.29 is 14.3 Å². The first kappa shape index (κ1) is 17.2. The maximum Gasteiger partial charge on any atom is 0.253 e. The molecule has 0 saturated carbocycles. The topological polar surface area (TPSA) is 75.5 Å². The summed E-state index contributed by atoms with van der Waals surface area (Å²) < 4.78 is 1.08. The van der Waals surface area contributed by atoms with Gasteiger partial charge in [0.2, 0.25) is 17.3 Å². The van der Waals surface area contributed by atoms with Crippen molar-refractivity contribution in [1.29, 1.82) is 0 Å². The molecule has 1 aliphatic carbocycles. The standard InChI is InChI=1S/C23H25N3O3/c1-12-8-13(2)17-14(9-12)15-10-23-16(21(3,4)18(15)26(17)29)11-22(19(27)24-23)6-5-7-25(22)20(23)28/h8-10,16H,5-7,11H2,1-4H3,(H,24,27)/t16?,22-,23-/m0/s1. The van der Waals surface area contributed by atoms with Gasteiger partial charge in [0.15, 0.2) is 0 Å². The van der Waals surface area contributed by atoms with Gasteiger partial charge in [0.1, 0.15) is 11.1 Å². The Bertz CT molecular complexity index is 1110. The molecule has 6 heteroatoms. The Balaban J connectivity index is 1.68. The Labute approximate surface area is 169 Å².